The number of rotatable bonds is 6. The molecule has 2 aliphatic rings. The molecular weight excluding hydrogens is 400 g/mol. The average Bonchev–Trinajstić information content (AvgIpc) is 2.72. The quantitative estimate of drug-likeness (QED) is 0.752. The normalized spacial score (nSPS) is 20.9. The molecule has 0 radical (unpaired) electrons. The number of benzene rings is 1. The summed E-state index contributed by atoms with van der Waals surface area (Å²) in [5, 5.41) is 3.37. The van der Waals surface area contributed by atoms with Crippen LogP contribution in [-0.2, 0) is 9.47 Å². The number of carbonyl (C=O) groups is 2. The summed E-state index contributed by atoms with van der Waals surface area (Å²) in [4.78, 5) is 26.5. The summed E-state index contributed by atoms with van der Waals surface area (Å²) in [6, 6.07) is 3.22. The monoisotopic (exact) mass is 426 g/mol. The summed E-state index contributed by atoms with van der Waals surface area (Å²) in [7, 11) is 0. The van der Waals surface area contributed by atoms with Crippen LogP contribution >= 0.6 is 11.6 Å². The zero-order valence-electron chi connectivity index (χ0n) is 16.7. The van der Waals surface area contributed by atoms with E-state index in [4.69, 9.17) is 30.5 Å². The maximum Gasteiger partial charge on any atom is 0.409 e. The van der Waals surface area contributed by atoms with Crippen molar-refractivity contribution in [2.75, 3.05) is 46.1 Å². The number of ether oxygens (including phenoxy) is 4. The Labute approximate surface area is 175 Å². The van der Waals surface area contributed by atoms with Crippen LogP contribution in [0.4, 0.5) is 4.79 Å². The lowest BCUT2D eigenvalue weighted by Crippen LogP contribution is -2.50. The van der Waals surface area contributed by atoms with Crippen molar-refractivity contribution in [2.45, 2.75) is 26.4 Å². The molecule has 9 heteroatoms. The van der Waals surface area contributed by atoms with E-state index in [0.717, 1.165) is 0 Å². The van der Waals surface area contributed by atoms with Gasteiger partial charge in [0.05, 0.1) is 24.8 Å². The van der Waals surface area contributed by atoms with Crippen molar-refractivity contribution >= 4 is 23.6 Å². The van der Waals surface area contributed by atoms with Crippen molar-refractivity contribution in [3.05, 3.63) is 22.7 Å². The average molecular weight is 427 g/mol. The standard InChI is InChI=1S/C20H27ClN2O6/c1-3-26-17-12-23(20(25)27-4-2)6-5-13(17)11-22-19(24)15-9-14(21)10-16-18(15)29-8-7-28-16/h9-10,13,17H,3-8,11-12H2,1-2H3,(H,22,24)/t13-,17+/m1/s1. The number of likely N-dealkylation sites (tertiary alicyclic amines) is 1. The lowest BCUT2D eigenvalue weighted by Gasteiger charge is -2.37. The van der Waals surface area contributed by atoms with Gasteiger partial charge in [-0.05, 0) is 26.3 Å². The number of nitrogens with one attached hydrogen (secondary N) is 1. The number of amides is 2. The first-order valence-corrected chi connectivity index (χ1v) is 10.3. The second-order valence-corrected chi connectivity index (χ2v) is 7.31. The van der Waals surface area contributed by atoms with Crippen molar-refractivity contribution in [1.29, 1.82) is 0 Å². The van der Waals surface area contributed by atoms with Gasteiger partial charge in [-0.1, -0.05) is 11.6 Å². The molecule has 2 amide bonds. The second kappa shape index (κ2) is 10.0. The molecule has 2 heterocycles. The van der Waals surface area contributed by atoms with E-state index in [2.05, 4.69) is 5.32 Å². The smallest absolute Gasteiger partial charge is 0.409 e. The van der Waals surface area contributed by atoms with E-state index in [1.807, 2.05) is 6.92 Å². The molecule has 0 unspecified atom stereocenters. The molecule has 0 saturated carbocycles. The molecule has 0 bridgehead atoms. The van der Waals surface area contributed by atoms with E-state index in [1.165, 1.54) is 0 Å². The van der Waals surface area contributed by atoms with E-state index in [9.17, 15) is 9.59 Å². The number of hydrogen-bond acceptors (Lipinski definition) is 6. The van der Waals surface area contributed by atoms with Gasteiger partial charge in [-0.2, -0.15) is 0 Å². The first kappa shape index (κ1) is 21.5. The molecule has 3 rings (SSSR count). The highest BCUT2D eigenvalue weighted by molar-refractivity contribution is 6.31. The summed E-state index contributed by atoms with van der Waals surface area (Å²) in [6.45, 7) is 6.78. The number of fused-ring (bicyclic) bond motifs is 1. The fraction of sp³-hybridized carbons (Fsp3) is 0.600. The maximum absolute atomic E-state index is 12.8. The molecular formula is C20H27ClN2O6. The lowest BCUT2D eigenvalue weighted by molar-refractivity contribution is -0.0301. The SMILES string of the molecule is CCOC(=O)N1CC[C@H](CNC(=O)c2cc(Cl)cc3c2OCCO3)[C@@H](OCC)C1. The highest BCUT2D eigenvalue weighted by Crippen LogP contribution is 2.36. The van der Waals surface area contributed by atoms with Gasteiger partial charge in [0.15, 0.2) is 11.5 Å². The minimum Gasteiger partial charge on any atom is -0.486 e. The first-order chi connectivity index (χ1) is 14.0. The zero-order chi connectivity index (χ0) is 20.8. The van der Waals surface area contributed by atoms with Crippen molar-refractivity contribution in [3.63, 3.8) is 0 Å². The van der Waals surface area contributed by atoms with Gasteiger partial charge in [-0.3, -0.25) is 4.79 Å². The van der Waals surface area contributed by atoms with Crippen LogP contribution in [0.5, 0.6) is 11.5 Å². The molecule has 160 valence electrons. The predicted molar refractivity (Wildman–Crippen MR) is 107 cm³/mol. The Hall–Kier alpha value is -2.19. The van der Waals surface area contributed by atoms with E-state index in [0.29, 0.717) is 74.6 Å². The van der Waals surface area contributed by atoms with E-state index >= 15 is 0 Å². The second-order valence-electron chi connectivity index (χ2n) is 6.88. The Bertz CT molecular complexity index is 744. The molecule has 29 heavy (non-hydrogen) atoms. The van der Waals surface area contributed by atoms with Crippen LogP contribution in [0.15, 0.2) is 12.1 Å². The first-order valence-electron chi connectivity index (χ1n) is 9.94. The summed E-state index contributed by atoms with van der Waals surface area (Å²) in [5.74, 6) is 0.689. The van der Waals surface area contributed by atoms with Crippen molar-refractivity contribution in [2.24, 2.45) is 5.92 Å². The van der Waals surface area contributed by atoms with Gasteiger partial charge >= 0.3 is 6.09 Å². The number of carbonyl (C=O) groups excluding carboxylic acids is 2. The predicted octanol–water partition coefficient (Wildman–Crippen LogP) is 2.72. The van der Waals surface area contributed by atoms with E-state index in [-0.39, 0.29) is 24.0 Å². The number of hydrogen-bond donors (Lipinski definition) is 1. The maximum atomic E-state index is 12.8. The molecule has 2 aliphatic heterocycles. The summed E-state index contributed by atoms with van der Waals surface area (Å²) >= 11 is 6.13. The summed E-state index contributed by atoms with van der Waals surface area (Å²) < 4.78 is 22.1. The van der Waals surface area contributed by atoms with Crippen LogP contribution in [-0.4, -0.2) is 69.1 Å². The Morgan fingerprint density at radius 3 is 2.79 bits per heavy atom. The van der Waals surface area contributed by atoms with Gasteiger partial charge in [0.25, 0.3) is 5.91 Å². The molecule has 0 spiro atoms. The fourth-order valence-corrected chi connectivity index (χ4v) is 3.80. The Balaban J connectivity index is 1.64. The van der Waals surface area contributed by atoms with Crippen LogP contribution in [0, 0.1) is 5.92 Å². The molecule has 1 aromatic rings. The summed E-state index contributed by atoms with van der Waals surface area (Å²) in [5.41, 5.74) is 0.351. The Morgan fingerprint density at radius 1 is 1.24 bits per heavy atom. The molecule has 0 aromatic heterocycles. The van der Waals surface area contributed by atoms with Gasteiger partial charge in [0.1, 0.15) is 13.2 Å². The fourth-order valence-electron chi connectivity index (χ4n) is 3.59. The topological polar surface area (TPSA) is 86.3 Å². The van der Waals surface area contributed by atoms with Gasteiger partial charge in [0.2, 0.25) is 0 Å². The van der Waals surface area contributed by atoms with Gasteiger partial charge in [-0.25, -0.2) is 4.79 Å². The molecule has 1 aromatic carbocycles. The summed E-state index contributed by atoms with van der Waals surface area (Å²) in [6.07, 6.45) is 0.200. The highest BCUT2D eigenvalue weighted by atomic mass is 35.5. The van der Waals surface area contributed by atoms with Crippen LogP contribution in [0.3, 0.4) is 0 Å². The molecule has 2 atom stereocenters. The van der Waals surface area contributed by atoms with E-state index in [1.54, 1.807) is 24.0 Å². The third-order valence-electron chi connectivity index (χ3n) is 4.98. The number of piperidine rings is 1. The van der Waals surface area contributed by atoms with Crippen molar-refractivity contribution in [3.8, 4) is 11.5 Å². The number of halogens is 1. The van der Waals surface area contributed by atoms with Gasteiger partial charge in [-0.15, -0.1) is 0 Å². The molecule has 1 N–H and O–H groups in total. The Morgan fingerprint density at radius 2 is 2.03 bits per heavy atom. The largest absolute Gasteiger partial charge is 0.486 e. The van der Waals surface area contributed by atoms with Crippen LogP contribution < -0.4 is 14.8 Å². The molecule has 0 aliphatic carbocycles. The van der Waals surface area contributed by atoms with Crippen molar-refractivity contribution in [1.82, 2.24) is 10.2 Å². The van der Waals surface area contributed by atoms with Crippen molar-refractivity contribution < 1.29 is 28.5 Å². The number of nitrogens with zero attached hydrogens (tertiary/aromatic N) is 1. The van der Waals surface area contributed by atoms with Crippen LogP contribution in [0.25, 0.3) is 0 Å². The minimum atomic E-state index is -0.331. The third-order valence-corrected chi connectivity index (χ3v) is 5.20. The van der Waals surface area contributed by atoms with E-state index < -0.39 is 0 Å². The third kappa shape index (κ3) is 5.25. The van der Waals surface area contributed by atoms with Crippen LogP contribution in [0.1, 0.15) is 30.6 Å². The Kier molecular flexibility index (Phi) is 7.44. The highest BCUT2D eigenvalue weighted by Gasteiger charge is 2.33. The minimum absolute atomic E-state index is 0.0803. The van der Waals surface area contributed by atoms with Gasteiger partial charge in [0, 0.05) is 36.7 Å². The molecule has 1 saturated heterocycles. The van der Waals surface area contributed by atoms with Gasteiger partial charge < -0.3 is 29.2 Å². The molecule has 1 fully saturated rings. The lowest BCUT2D eigenvalue weighted by atomic mass is 9.93. The molecule has 8 nitrogen and oxygen atoms in total. The van der Waals surface area contributed by atoms with Crippen LogP contribution in [0.2, 0.25) is 5.02 Å². The zero-order valence-corrected chi connectivity index (χ0v) is 17.5.